The van der Waals surface area contributed by atoms with Gasteiger partial charge in [0.05, 0.1) is 42.2 Å². The van der Waals surface area contributed by atoms with Crippen LogP contribution in [0.2, 0.25) is 0 Å². The van der Waals surface area contributed by atoms with Crippen molar-refractivity contribution in [1.29, 1.82) is 0 Å². The predicted octanol–water partition coefficient (Wildman–Crippen LogP) is 5.90. The first-order chi connectivity index (χ1) is 27.8. The Morgan fingerprint density at radius 2 is 1.68 bits per heavy atom. The number of aromatic nitrogens is 3. The Balaban J connectivity index is 1.18. The molecule has 1 aromatic heterocycles. The van der Waals surface area contributed by atoms with Gasteiger partial charge in [-0.2, -0.15) is 0 Å². The van der Waals surface area contributed by atoms with Crippen LogP contribution in [-0.4, -0.2) is 74.5 Å². The largest absolute Gasteiger partial charge is 0.494 e. The lowest BCUT2D eigenvalue weighted by molar-refractivity contribution is -0.138. The Labute approximate surface area is 333 Å². The number of amides is 2. The number of anilines is 4. The molecule has 0 bridgehead atoms. The van der Waals surface area contributed by atoms with Crippen molar-refractivity contribution in [3.8, 4) is 5.75 Å². The zero-order chi connectivity index (χ0) is 39.9. The molecular formula is C45H50N6O6. The first kappa shape index (κ1) is 39.6. The van der Waals surface area contributed by atoms with Gasteiger partial charge in [0.2, 0.25) is 5.91 Å². The molecule has 12 heteroatoms. The minimum absolute atomic E-state index is 0.0843. The molecule has 2 aliphatic heterocycles. The molecule has 296 valence electrons. The van der Waals surface area contributed by atoms with E-state index in [0.29, 0.717) is 78.7 Å². The summed E-state index contributed by atoms with van der Waals surface area (Å²) in [6.07, 6.45) is 7.99. The fourth-order valence-corrected chi connectivity index (χ4v) is 7.84. The number of benzene rings is 4. The minimum Gasteiger partial charge on any atom is -0.494 e. The third-order valence-electron chi connectivity index (χ3n) is 10.9. The number of carbonyl (C=O) groups is 2. The Bertz CT molecular complexity index is 2190. The molecular weight excluding hydrogens is 721 g/mol. The molecule has 2 aliphatic rings. The van der Waals surface area contributed by atoms with Crippen LogP contribution in [-0.2, 0) is 28.2 Å². The average Bonchev–Trinajstić information content (AvgIpc) is 3.79. The normalized spacial score (nSPS) is 18.9. The minimum atomic E-state index is -1.95. The van der Waals surface area contributed by atoms with E-state index in [4.69, 9.17) is 4.74 Å². The molecule has 4 aromatic carbocycles. The summed E-state index contributed by atoms with van der Waals surface area (Å²) in [6, 6.07) is 29.5. The van der Waals surface area contributed by atoms with Crippen LogP contribution in [0.3, 0.4) is 0 Å². The molecule has 57 heavy (non-hydrogen) atoms. The zero-order valence-corrected chi connectivity index (χ0v) is 32.4. The van der Waals surface area contributed by atoms with Crippen LogP contribution in [0.15, 0.2) is 115 Å². The molecule has 0 saturated heterocycles. The van der Waals surface area contributed by atoms with Gasteiger partial charge in [-0.25, -0.2) is 0 Å². The van der Waals surface area contributed by atoms with Gasteiger partial charge in [-0.15, -0.1) is 5.10 Å². The number of carbonyl (C=O) groups excluding carboxylic acids is 2. The lowest BCUT2D eigenvalue weighted by Gasteiger charge is -2.35. The maximum atomic E-state index is 14.5. The van der Waals surface area contributed by atoms with Crippen molar-refractivity contribution in [1.82, 2.24) is 20.3 Å². The number of nitrogens with zero attached hydrogens (tertiary/aromatic N) is 5. The van der Waals surface area contributed by atoms with Crippen molar-refractivity contribution in [2.24, 2.45) is 5.92 Å². The Morgan fingerprint density at radius 3 is 2.42 bits per heavy atom. The van der Waals surface area contributed by atoms with Gasteiger partial charge in [0, 0.05) is 42.2 Å². The number of allylic oxidation sites excluding steroid dienone is 1. The highest BCUT2D eigenvalue weighted by atomic mass is 16.5. The van der Waals surface area contributed by atoms with Crippen molar-refractivity contribution >= 4 is 34.6 Å². The second kappa shape index (κ2) is 17.6. The van der Waals surface area contributed by atoms with Gasteiger partial charge in [-0.1, -0.05) is 72.8 Å². The number of para-hydroxylation sites is 1. The van der Waals surface area contributed by atoms with Gasteiger partial charge in [-0.3, -0.25) is 24.1 Å². The van der Waals surface area contributed by atoms with Gasteiger partial charge in [-0.05, 0) is 98.8 Å². The highest BCUT2D eigenvalue weighted by molar-refractivity contribution is 6.13. The number of rotatable bonds is 17. The fourth-order valence-electron chi connectivity index (χ4n) is 7.84. The second-order valence-electron chi connectivity index (χ2n) is 14.5. The molecule has 0 radical (unpaired) electrons. The second-order valence-corrected chi connectivity index (χ2v) is 14.5. The standard InChI is InChI=1S/C45H50N6O6/c1-3-57-36-20-22-41-33(26-36)27-39(46-23-11-13-25-52)43(54)50(41)35-19-21-42-38(28-35)45(56,44(55)51(42)34-17-8-5-9-18-34)31(2)14-10-12-24-49-29-40(47-48-49)37(30-53)32-15-6-4-7-16-32/h4-10,14-22,26,28-29,31,37,39,46,52-53,56H,3,11-13,23-25,27,30H2,1-2H3/b14-10+/t31-,37?,39?,45+/m0/s1. The molecule has 7 rings (SSSR count). The molecule has 2 unspecified atom stereocenters. The first-order valence-electron chi connectivity index (χ1n) is 19.7. The third kappa shape index (κ3) is 7.99. The van der Waals surface area contributed by atoms with E-state index in [2.05, 4.69) is 15.6 Å². The van der Waals surface area contributed by atoms with Crippen molar-refractivity contribution in [3.63, 3.8) is 0 Å². The number of fused-ring (bicyclic) bond motifs is 2. The quantitative estimate of drug-likeness (QED) is 0.0669. The molecule has 3 heterocycles. The number of nitrogens with one attached hydrogen (secondary N) is 1. The molecule has 5 aromatic rings. The van der Waals surface area contributed by atoms with Crippen LogP contribution in [0.5, 0.6) is 5.75 Å². The van der Waals surface area contributed by atoms with Crippen molar-refractivity contribution in [2.75, 3.05) is 36.2 Å². The third-order valence-corrected chi connectivity index (χ3v) is 10.9. The fraction of sp³-hybridized carbons (Fsp3) is 0.333. The zero-order valence-electron chi connectivity index (χ0n) is 32.4. The van der Waals surface area contributed by atoms with Gasteiger partial charge < -0.3 is 25.4 Å². The lowest BCUT2D eigenvalue weighted by Crippen LogP contribution is -2.49. The molecule has 4 N–H and O–H groups in total. The maximum absolute atomic E-state index is 14.5. The number of unbranched alkanes of at least 4 members (excludes halogenated alkanes) is 1. The maximum Gasteiger partial charge on any atom is 0.268 e. The van der Waals surface area contributed by atoms with Crippen LogP contribution in [0, 0.1) is 5.92 Å². The van der Waals surface area contributed by atoms with E-state index in [0.717, 1.165) is 17.5 Å². The number of hydrogen-bond donors (Lipinski definition) is 4. The van der Waals surface area contributed by atoms with E-state index >= 15 is 0 Å². The number of hydrogen-bond acceptors (Lipinski definition) is 9. The van der Waals surface area contributed by atoms with Crippen molar-refractivity contribution in [3.05, 3.63) is 138 Å². The molecule has 0 saturated carbocycles. The molecule has 0 spiro atoms. The van der Waals surface area contributed by atoms with Crippen LogP contribution in [0.25, 0.3) is 0 Å². The number of aryl methyl sites for hydroxylation is 1. The highest BCUT2D eigenvalue weighted by Crippen LogP contribution is 2.50. The number of ether oxygens (including phenoxy) is 1. The van der Waals surface area contributed by atoms with E-state index in [1.165, 1.54) is 0 Å². The topological polar surface area (TPSA) is 153 Å². The first-order valence-corrected chi connectivity index (χ1v) is 19.7. The van der Waals surface area contributed by atoms with Gasteiger partial charge in [0.15, 0.2) is 5.60 Å². The van der Waals surface area contributed by atoms with E-state index < -0.39 is 23.5 Å². The van der Waals surface area contributed by atoms with Gasteiger partial charge in [0.25, 0.3) is 5.91 Å². The van der Waals surface area contributed by atoms with Crippen LogP contribution in [0.4, 0.5) is 22.7 Å². The average molecular weight is 771 g/mol. The summed E-state index contributed by atoms with van der Waals surface area (Å²) in [4.78, 5) is 32.1. The van der Waals surface area contributed by atoms with Crippen LogP contribution >= 0.6 is 0 Å². The number of aliphatic hydroxyl groups excluding tert-OH is 2. The monoisotopic (exact) mass is 770 g/mol. The molecule has 2 amide bonds. The van der Waals surface area contributed by atoms with Gasteiger partial charge >= 0.3 is 0 Å². The molecule has 4 atom stereocenters. The Hall–Kier alpha value is -5.66. The summed E-state index contributed by atoms with van der Waals surface area (Å²) in [6.45, 7) is 5.32. The molecule has 0 aliphatic carbocycles. The van der Waals surface area contributed by atoms with E-state index in [1.54, 1.807) is 26.6 Å². The molecule has 12 nitrogen and oxygen atoms in total. The van der Waals surface area contributed by atoms with Crippen LogP contribution in [0.1, 0.15) is 61.4 Å². The Morgan fingerprint density at radius 1 is 0.930 bits per heavy atom. The molecule has 0 fully saturated rings. The summed E-state index contributed by atoms with van der Waals surface area (Å²) in [5.41, 5.74) is 3.42. The van der Waals surface area contributed by atoms with E-state index in [-0.39, 0.29) is 25.0 Å². The summed E-state index contributed by atoms with van der Waals surface area (Å²) in [5.74, 6) is -0.860. The van der Waals surface area contributed by atoms with Crippen molar-refractivity contribution < 1.29 is 29.6 Å². The van der Waals surface area contributed by atoms with Crippen molar-refractivity contribution in [2.45, 2.75) is 63.6 Å². The SMILES string of the molecule is CCOc1ccc2c(c1)CC(NCCCCO)C(=O)N2c1ccc2c(c1)[C@](O)([C@@H](C)/C=C/CCn1cc(C(CO)c3ccccc3)nn1)C(=O)N2c1ccccc1. The van der Waals surface area contributed by atoms with Gasteiger partial charge in [0.1, 0.15) is 5.75 Å². The smallest absolute Gasteiger partial charge is 0.268 e. The van der Waals surface area contributed by atoms with Crippen LogP contribution < -0.4 is 19.9 Å². The predicted molar refractivity (Wildman–Crippen MR) is 219 cm³/mol. The van der Waals surface area contributed by atoms with E-state index in [9.17, 15) is 24.9 Å². The summed E-state index contributed by atoms with van der Waals surface area (Å²) >= 11 is 0. The van der Waals surface area contributed by atoms with E-state index in [1.807, 2.05) is 117 Å². The lowest BCUT2D eigenvalue weighted by atomic mass is 9.82. The Kier molecular flexibility index (Phi) is 12.2. The highest BCUT2D eigenvalue weighted by Gasteiger charge is 2.53. The summed E-state index contributed by atoms with van der Waals surface area (Å²) in [5, 5.41) is 44.1. The summed E-state index contributed by atoms with van der Waals surface area (Å²) < 4.78 is 7.54. The number of aliphatic hydroxyl groups is 3. The summed E-state index contributed by atoms with van der Waals surface area (Å²) in [7, 11) is 0.